The number of unbranched alkanes of at least 4 members (excludes halogenated alkanes) is 24. The Labute approximate surface area is 325 Å². The molecule has 0 rings (SSSR count). The molecular weight excluding hydrogens is 689 g/mol. The largest absolute Gasteiger partial charge is 0.472 e. The van der Waals surface area contributed by atoms with E-state index in [-0.39, 0.29) is 32.1 Å². The van der Waals surface area contributed by atoms with Crippen molar-refractivity contribution in [2.75, 3.05) is 26.4 Å². The van der Waals surface area contributed by atoms with Crippen molar-refractivity contribution < 1.29 is 37.9 Å². The van der Waals surface area contributed by atoms with Gasteiger partial charge in [-0.25, -0.2) is 4.57 Å². The van der Waals surface area contributed by atoms with E-state index >= 15 is 0 Å². The van der Waals surface area contributed by atoms with E-state index in [1.54, 1.807) is 0 Å². The average molecular weight is 772 g/mol. The second-order valence-electron chi connectivity index (χ2n) is 14.7. The maximum Gasteiger partial charge on any atom is 0.472 e. The van der Waals surface area contributed by atoms with Gasteiger partial charge in [-0.1, -0.05) is 173 Å². The van der Waals surface area contributed by atoms with Crippen molar-refractivity contribution >= 4 is 19.7 Å². The molecule has 2 unspecified atom stereocenters. The van der Waals surface area contributed by atoms with Crippen molar-refractivity contribution in [3.05, 3.63) is 24.3 Å². The normalized spacial score (nSPS) is 13.5. The van der Waals surface area contributed by atoms with Gasteiger partial charge in [0.1, 0.15) is 12.7 Å². The van der Waals surface area contributed by atoms with E-state index in [2.05, 4.69) is 43.5 Å². The van der Waals surface area contributed by atoms with E-state index in [1.807, 2.05) is 0 Å². The van der Waals surface area contributed by atoms with Crippen LogP contribution in [-0.4, -0.2) is 54.3 Å². The van der Waals surface area contributed by atoms with Gasteiger partial charge in [0, 0.05) is 19.4 Å². The molecule has 0 spiro atoms. The molecule has 2 atom stereocenters. The number of carbonyl (C=O) groups is 2. The van der Waals surface area contributed by atoms with Gasteiger partial charge in [0.05, 0.1) is 13.2 Å². The predicted octanol–water partition coefficient (Wildman–Crippen LogP) is 12.0. The van der Waals surface area contributed by atoms with Crippen molar-refractivity contribution in [1.29, 1.82) is 0 Å². The minimum absolute atomic E-state index is 0.0793. The number of hydrogen-bond acceptors (Lipinski definition) is 7. The summed E-state index contributed by atoms with van der Waals surface area (Å²) < 4.78 is 26.9. The molecule has 0 aliphatic carbocycles. The van der Waals surface area contributed by atoms with Gasteiger partial charge in [-0.3, -0.25) is 18.6 Å². The van der Waals surface area contributed by atoms with Crippen molar-refractivity contribution in [3.63, 3.8) is 0 Å². The lowest BCUT2D eigenvalue weighted by atomic mass is 10.0. The van der Waals surface area contributed by atoms with Crippen LogP contribution < -0.4 is 5.32 Å². The molecule has 10 heteroatoms. The second kappa shape index (κ2) is 40.2. The highest BCUT2D eigenvalue weighted by Gasteiger charge is 2.23. The molecule has 0 bridgehead atoms. The molecule has 0 aliphatic rings. The molecule has 0 aromatic carbocycles. The number of aliphatic hydroxyl groups is 1. The Hall–Kier alpha value is -1.51. The van der Waals surface area contributed by atoms with E-state index in [9.17, 15) is 24.2 Å². The fraction of sp³-hybridized carbons (Fsp3) is 0.860. The molecular formula is C43H82NO8P. The highest BCUT2D eigenvalue weighted by molar-refractivity contribution is 7.47. The SMILES string of the molecule is CCCCC/C=C\C/C=C\CCCCCCCCCC(=O)NCCOP(=O)(O)OCC(O)COC(=O)CCCCCCCCCCCCCCCCC. The summed E-state index contributed by atoms with van der Waals surface area (Å²) in [6, 6.07) is 0. The Morgan fingerprint density at radius 2 is 1.02 bits per heavy atom. The lowest BCUT2D eigenvalue weighted by molar-refractivity contribution is -0.147. The van der Waals surface area contributed by atoms with E-state index in [1.165, 1.54) is 128 Å². The molecule has 0 radical (unpaired) electrons. The van der Waals surface area contributed by atoms with Crippen molar-refractivity contribution in [2.24, 2.45) is 0 Å². The van der Waals surface area contributed by atoms with Crippen molar-refractivity contribution in [2.45, 2.75) is 213 Å². The monoisotopic (exact) mass is 772 g/mol. The zero-order valence-corrected chi connectivity index (χ0v) is 35.1. The van der Waals surface area contributed by atoms with E-state index in [0.717, 1.165) is 51.4 Å². The van der Waals surface area contributed by atoms with E-state index < -0.39 is 26.5 Å². The number of hydrogen-bond donors (Lipinski definition) is 3. The van der Waals surface area contributed by atoms with Crippen LogP contribution in [0.3, 0.4) is 0 Å². The molecule has 9 nitrogen and oxygen atoms in total. The van der Waals surface area contributed by atoms with Crippen LogP contribution in [0, 0.1) is 0 Å². The standard InChI is InChI=1S/C43H82NO8P/c1-3-5-7-9-11-13-15-17-19-20-22-23-25-27-29-31-33-35-42(46)44-37-38-51-53(48,49)52-40-41(45)39-50-43(47)36-34-32-30-28-26-24-21-18-16-14-12-10-8-6-4-2/h11,13,17,19,41,45H,3-10,12,14-16,18,20-40H2,1-2H3,(H,44,46)(H,48,49)/b13-11-,19-17-. The highest BCUT2D eigenvalue weighted by Crippen LogP contribution is 2.42. The first kappa shape index (κ1) is 51.5. The molecule has 0 aliphatic heterocycles. The lowest BCUT2D eigenvalue weighted by Crippen LogP contribution is -2.27. The Morgan fingerprint density at radius 1 is 0.585 bits per heavy atom. The summed E-state index contributed by atoms with van der Waals surface area (Å²) in [5, 5.41) is 12.7. The summed E-state index contributed by atoms with van der Waals surface area (Å²) in [4.78, 5) is 33.9. The molecule has 1 amide bonds. The first-order valence-electron chi connectivity index (χ1n) is 21.8. The van der Waals surface area contributed by atoms with E-state index in [4.69, 9.17) is 13.8 Å². The van der Waals surface area contributed by atoms with Crippen LogP contribution in [-0.2, 0) is 27.9 Å². The summed E-state index contributed by atoms with van der Waals surface area (Å²) >= 11 is 0. The quantitative estimate of drug-likeness (QED) is 0.0242. The zero-order chi connectivity index (χ0) is 38.9. The number of allylic oxidation sites excluding steroid dienone is 4. The Kier molecular flexibility index (Phi) is 39.0. The summed E-state index contributed by atoms with van der Waals surface area (Å²) in [6.07, 6.45) is 42.4. The molecule has 0 heterocycles. The predicted molar refractivity (Wildman–Crippen MR) is 220 cm³/mol. The number of rotatable bonds is 41. The number of phosphoric ester groups is 1. The number of esters is 1. The van der Waals surface area contributed by atoms with Crippen LogP contribution >= 0.6 is 7.82 Å². The first-order valence-corrected chi connectivity index (χ1v) is 23.3. The fourth-order valence-corrected chi connectivity index (χ4v) is 6.81. The molecule has 0 saturated heterocycles. The topological polar surface area (TPSA) is 131 Å². The average Bonchev–Trinajstić information content (AvgIpc) is 3.14. The lowest BCUT2D eigenvalue weighted by Gasteiger charge is -2.15. The third-order valence-electron chi connectivity index (χ3n) is 9.38. The fourth-order valence-electron chi connectivity index (χ4n) is 6.06. The molecule has 0 aromatic heterocycles. The molecule has 53 heavy (non-hydrogen) atoms. The van der Waals surface area contributed by atoms with Crippen LogP contribution in [0.4, 0.5) is 0 Å². The maximum absolute atomic E-state index is 12.1. The van der Waals surface area contributed by atoms with Gasteiger partial charge in [-0.05, 0) is 44.9 Å². The molecule has 3 N–H and O–H groups in total. The van der Waals surface area contributed by atoms with Crippen LogP contribution in [0.5, 0.6) is 0 Å². The highest BCUT2D eigenvalue weighted by atomic mass is 31.2. The molecule has 0 aromatic rings. The second-order valence-corrected chi connectivity index (χ2v) is 16.1. The van der Waals surface area contributed by atoms with Gasteiger partial charge in [-0.2, -0.15) is 0 Å². The maximum atomic E-state index is 12.1. The Bertz CT molecular complexity index is 928. The Morgan fingerprint density at radius 3 is 1.55 bits per heavy atom. The number of aliphatic hydroxyl groups excluding tert-OH is 1. The van der Waals surface area contributed by atoms with Gasteiger partial charge in [-0.15, -0.1) is 0 Å². The summed E-state index contributed by atoms with van der Waals surface area (Å²) in [5.74, 6) is -0.518. The van der Waals surface area contributed by atoms with Crippen LogP contribution in [0.25, 0.3) is 0 Å². The third kappa shape index (κ3) is 41.5. The van der Waals surface area contributed by atoms with Crippen LogP contribution in [0.1, 0.15) is 206 Å². The number of amides is 1. The first-order chi connectivity index (χ1) is 25.8. The van der Waals surface area contributed by atoms with Crippen LogP contribution in [0.15, 0.2) is 24.3 Å². The summed E-state index contributed by atoms with van der Waals surface area (Å²) in [7, 11) is -4.41. The summed E-state index contributed by atoms with van der Waals surface area (Å²) in [5.41, 5.74) is 0. The minimum Gasteiger partial charge on any atom is -0.463 e. The van der Waals surface area contributed by atoms with Crippen molar-refractivity contribution in [1.82, 2.24) is 5.32 Å². The number of phosphoric acid groups is 1. The summed E-state index contributed by atoms with van der Waals surface area (Å²) in [6.45, 7) is 3.54. The number of ether oxygens (including phenoxy) is 1. The zero-order valence-electron chi connectivity index (χ0n) is 34.2. The minimum atomic E-state index is -4.41. The van der Waals surface area contributed by atoms with Crippen LogP contribution in [0.2, 0.25) is 0 Å². The third-order valence-corrected chi connectivity index (χ3v) is 10.4. The van der Waals surface area contributed by atoms with Crippen molar-refractivity contribution in [3.8, 4) is 0 Å². The number of nitrogens with one attached hydrogen (secondary N) is 1. The smallest absolute Gasteiger partial charge is 0.463 e. The van der Waals surface area contributed by atoms with Gasteiger partial charge < -0.3 is 20.1 Å². The van der Waals surface area contributed by atoms with Gasteiger partial charge >= 0.3 is 13.8 Å². The molecule has 312 valence electrons. The van der Waals surface area contributed by atoms with Gasteiger partial charge in [0.25, 0.3) is 0 Å². The Balaban J connectivity index is 3.59. The molecule has 0 fully saturated rings. The van der Waals surface area contributed by atoms with Gasteiger partial charge in [0.2, 0.25) is 5.91 Å². The molecule has 0 saturated carbocycles. The van der Waals surface area contributed by atoms with Gasteiger partial charge in [0.15, 0.2) is 0 Å². The number of carbonyl (C=O) groups excluding carboxylic acids is 2. The van der Waals surface area contributed by atoms with E-state index in [0.29, 0.717) is 6.42 Å².